The second-order valence-corrected chi connectivity index (χ2v) is 9.28. The molecule has 130 valence electrons. The number of H-pyrrole nitrogens is 1. The van der Waals surface area contributed by atoms with Gasteiger partial charge in [0.25, 0.3) is 0 Å². The Labute approximate surface area is 143 Å². The van der Waals surface area contributed by atoms with Crippen LogP contribution in [-0.2, 0) is 22.0 Å². The molecule has 0 saturated carbocycles. The fraction of sp³-hybridized carbons (Fsp3) is 0.556. The number of piperidine rings is 1. The Morgan fingerprint density at radius 1 is 1.17 bits per heavy atom. The van der Waals surface area contributed by atoms with Crippen LogP contribution < -0.4 is 0 Å². The molecule has 1 saturated heterocycles. The minimum Gasteiger partial charge on any atom is -0.357 e. The van der Waals surface area contributed by atoms with Crippen molar-refractivity contribution in [2.24, 2.45) is 0 Å². The number of hydrogen-bond acceptors (Lipinski definition) is 3. The van der Waals surface area contributed by atoms with E-state index in [0.717, 1.165) is 25.8 Å². The summed E-state index contributed by atoms with van der Waals surface area (Å²) in [7, 11) is -0.912. The molecule has 0 unspecified atom stereocenters. The van der Waals surface area contributed by atoms with Crippen molar-refractivity contribution >= 4 is 20.9 Å². The lowest BCUT2D eigenvalue weighted by Gasteiger charge is -2.49. The van der Waals surface area contributed by atoms with E-state index >= 15 is 0 Å². The number of para-hydroxylation sites is 1. The normalized spacial score (nSPS) is 22.1. The van der Waals surface area contributed by atoms with Gasteiger partial charge in [0.2, 0.25) is 10.0 Å². The molecular formula is C18H25N3O2S. The highest BCUT2D eigenvalue weighted by atomic mass is 32.2. The van der Waals surface area contributed by atoms with Crippen molar-refractivity contribution < 1.29 is 8.42 Å². The quantitative estimate of drug-likeness (QED) is 0.907. The lowest BCUT2D eigenvalue weighted by atomic mass is 9.78. The molecule has 1 spiro atoms. The number of sulfonamides is 1. The Bertz CT molecular complexity index is 864. The zero-order valence-electron chi connectivity index (χ0n) is 14.4. The molecule has 1 fully saturated rings. The molecule has 1 N–H and O–H groups in total. The SMILES string of the molecule is CCS(=O)(=O)N1CCC2(CC1)c1[nH]c3ccccc3c1CCN2C. The fourth-order valence-electron chi connectivity index (χ4n) is 4.49. The lowest BCUT2D eigenvalue weighted by Crippen LogP contribution is -2.55. The maximum atomic E-state index is 12.2. The number of likely N-dealkylation sites (N-methyl/N-ethyl adjacent to an activating group) is 1. The van der Waals surface area contributed by atoms with Gasteiger partial charge in [0.1, 0.15) is 0 Å². The summed E-state index contributed by atoms with van der Waals surface area (Å²) in [4.78, 5) is 6.10. The van der Waals surface area contributed by atoms with Gasteiger partial charge in [0, 0.05) is 36.2 Å². The number of benzene rings is 1. The van der Waals surface area contributed by atoms with E-state index in [1.807, 2.05) is 0 Å². The van der Waals surface area contributed by atoms with E-state index in [9.17, 15) is 8.42 Å². The molecule has 0 radical (unpaired) electrons. The number of nitrogens with one attached hydrogen (secondary N) is 1. The molecule has 0 atom stereocenters. The van der Waals surface area contributed by atoms with E-state index in [-0.39, 0.29) is 11.3 Å². The molecule has 0 bridgehead atoms. The van der Waals surface area contributed by atoms with Crippen molar-refractivity contribution in [3.8, 4) is 0 Å². The van der Waals surface area contributed by atoms with Crippen molar-refractivity contribution in [3.05, 3.63) is 35.5 Å². The van der Waals surface area contributed by atoms with E-state index in [1.54, 1.807) is 11.2 Å². The first-order valence-electron chi connectivity index (χ1n) is 8.77. The van der Waals surface area contributed by atoms with Gasteiger partial charge < -0.3 is 4.98 Å². The van der Waals surface area contributed by atoms with E-state index in [4.69, 9.17) is 0 Å². The van der Waals surface area contributed by atoms with Crippen LogP contribution in [0.4, 0.5) is 0 Å². The summed E-state index contributed by atoms with van der Waals surface area (Å²) in [6, 6.07) is 8.49. The highest BCUT2D eigenvalue weighted by Crippen LogP contribution is 2.44. The molecule has 24 heavy (non-hydrogen) atoms. The van der Waals surface area contributed by atoms with Crippen LogP contribution in [0.15, 0.2) is 24.3 Å². The second-order valence-electron chi connectivity index (χ2n) is 7.03. The zero-order chi connectivity index (χ0) is 16.9. The summed E-state index contributed by atoms with van der Waals surface area (Å²) in [5.41, 5.74) is 3.87. The molecular weight excluding hydrogens is 322 g/mol. The minimum atomic E-state index is -3.09. The number of aromatic nitrogens is 1. The highest BCUT2D eigenvalue weighted by Gasteiger charge is 2.46. The predicted molar refractivity (Wildman–Crippen MR) is 96.6 cm³/mol. The molecule has 1 aromatic carbocycles. The second kappa shape index (κ2) is 5.58. The standard InChI is InChI=1S/C18H25N3O2S/c1-3-24(22,23)21-12-9-18(10-13-21)17-15(8-11-20(18)2)14-6-4-5-7-16(14)19-17/h4-7,19H,3,8-13H2,1-2H3. The van der Waals surface area contributed by atoms with Gasteiger partial charge in [-0.3, -0.25) is 4.90 Å². The van der Waals surface area contributed by atoms with E-state index in [2.05, 4.69) is 41.2 Å². The Balaban J connectivity index is 1.74. The Morgan fingerprint density at radius 3 is 2.58 bits per heavy atom. The number of fused-ring (bicyclic) bond motifs is 4. The van der Waals surface area contributed by atoms with Crippen molar-refractivity contribution in [3.63, 3.8) is 0 Å². The average Bonchev–Trinajstić information content (AvgIpc) is 2.99. The van der Waals surface area contributed by atoms with Crippen LogP contribution in [0.25, 0.3) is 10.9 Å². The number of hydrogen-bond donors (Lipinski definition) is 1. The first kappa shape index (κ1) is 16.1. The predicted octanol–water partition coefficient (Wildman–Crippen LogP) is 2.30. The van der Waals surface area contributed by atoms with Crippen molar-refractivity contribution in [1.29, 1.82) is 0 Å². The van der Waals surface area contributed by atoms with Crippen molar-refractivity contribution in [1.82, 2.24) is 14.2 Å². The summed E-state index contributed by atoms with van der Waals surface area (Å²) in [5.74, 6) is 0.188. The first-order valence-corrected chi connectivity index (χ1v) is 10.4. The van der Waals surface area contributed by atoms with Gasteiger partial charge in [0.15, 0.2) is 0 Å². The molecule has 1 aromatic heterocycles. The third-order valence-corrected chi connectivity index (χ3v) is 7.90. The topological polar surface area (TPSA) is 56.4 Å². The maximum Gasteiger partial charge on any atom is 0.213 e. The molecule has 2 aliphatic heterocycles. The Morgan fingerprint density at radius 2 is 1.88 bits per heavy atom. The van der Waals surface area contributed by atoms with Crippen LogP contribution in [0, 0.1) is 0 Å². The van der Waals surface area contributed by atoms with E-state index < -0.39 is 10.0 Å². The summed E-state index contributed by atoms with van der Waals surface area (Å²) in [6.07, 6.45) is 2.75. The van der Waals surface area contributed by atoms with Crippen LogP contribution in [-0.4, -0.2) is 55.0 Å². The third-order valence-electron chi connectivity index (χ3n) is 6.01. The maximum absolute atomic E-state index is 12.2. The van der Waals surface area contributed by atoms with Crippen LogP contribution >= 0.6 is 0 Å². The molecule has 2 aromatic rings. The van der Waals surface area contributed by atoms with Gasteiger partial charge >= 0.3 is 0 Å². The van der Waals surface area contributed by atoms with E-state index in [0.29, 0.717) is 13.1 Å². The van der Waals surface area contributed by atoms with Gasteiger partial charge in [-0.2, -0.15) is 0 Å². The molecule has 0 aliphatic carbocycles. The lowest BCUT2D eigenvalue weighted by molar-refractivity contribution is 0.0467. The van der Waals surface area contributed by atoms with Gasteiger partial charge in [-0.1, -0.05) is 18.2 Å². The van der Waals surface area contributed by atoms with Crippen LogP contribution in [0.5, 0.6) is 0 Å². The monoisotopic (exact) mass is 347 g/mol. The Hall–Kier alpha value is -1.37. The molecule has 3 heterocycles. The third kappa shape index (κ3) is 2.24. The molecule has 5 nitrogen and oxygen atoms in total. The van der Waals surface area contributed by atoms with Gasteiger partial charge in [0.05, 0.1) is 11.3 Å². The van der Waals surface area contributed by atoms with Gasteiger partial charge in [-0.25, -0.2) is 12.7 Å². The molecule has 6 heteroatoms. The van der Waals surface area contributed by atoms with Crippen LogP contribution in [0.1, 0.15) is 31.0 Å². The average molecular weight is 347 g/mol. The summed E-state index contributed by atoms with van der Waals surface area (Å²) in [6.45, 7) is 3.96. The van der Waals surface area contributed by atoms with Crippen LogP contribution in [0.2, 0.25) is 0 Å². The molecule has 2 aliphatic rings. The summed E-state index contributed by atoms with van der Waals surface area (Å²) in [5, 5.41) is 1.32. The largest absolute Gasteiger partial charge is 0.357 e. The smallest absolute Gasteiger partial charge is 0.213 e. The number of rotatable bonds is 2. The first-order chi connectivity index (χ1) is 11.5. The number of nitrogens with zero attached hydrogens (tertiary/aromatic N) is 2. The van der Waals surface area contributed by atoms with Crippen LogP contribution in [0.3, 0.4) is 0 Å². The zero-order valence-corrected chi connectivity index (χ0v) is 15.2. The summed E-state index contributed by atoms with van der Waals surface area (Å²) < 4.78 is 26.1. The van der Waals surface area contributed by atoms with Gasteiger partial charge in [-0.05, 0) is 44.9 Å². The van der Waals surface area contributed by atoms with Gasteiger partial charge in [-0.15, -0.1) is 0 Å². The van der Waals surface area contributed by atoms with Crippen molar-refractivity contribution in [2.75, 3.05) is 32.4 Å². The Kier molecular flexibility index (Phi) is 3.74. The van der Waals surface area contributed by atoms with E-state index in [1.165, 1.54) is 22.2 Å². The minimum absolute atomic E-state index is 0.0631. The van der Waals surface area contributed by atoms with Crippen molar-refractivity contribution in [2.45, 2.75) is 31.7 Å². The molecule has 0 amide bonds. The number of aromatic amines is 1. The summed E-state index contributed by atoms with van der Waals surface area (Å²) >= 11 is 0. The fourth-order valence-corrected chi connectivity index (χ4v) is 5.59. The highest BCUT2D eigenvalue weighted by molar-refractivity contribution is 7.89. The molecule has 4 rings (SSSR count).